The fourth-order valence-electron chi connectivity index (χ4n) is 0.979. The summed E-state index contributed by atoms with van der Waals surface area (Å²) in [7, 11) is 0. The second-order valence-corrected chi connectivity index (χ2v) is 3.04. The van der Waals surface area contributed by atoms with Crippen LogP contribution in [0, 0.1) is 11.3 Å². The second-order valence-electron chi connectivity index (χ2n) is 3.04. The van der Waals surface area contributed by atoms with Gasteiger partial charge in [0.25, 0.3) is 0 Å². The Kier molecular flexibility index (Phi) is 8.33. The van der Waals surface area contributed by atoms with Gasteiger partial charge < -0.3 is 5.43 Å². The first-order valence-electron chi connectivity index (χ1n) is 5.04. The topological polar surface area (TPSA) is 48.2 Å². The van der Waals surface area contributed by atoms with E-state index in [4.69, 9.17) is 5.26 Å². The highest BCUT2D eigenvalue weighted by Crippen LogP contribution is 1.92. The van der Waals surface area contributed by atoms with E-state index in [1.807, 2.05) is 6.92 Å². The Morgan fingerprint density at radius 2 is 2.08 bits per heavy atom. The van der Waals surface area contributed by atoms with Crippen molar-refractivity contribution in [2.45, 2.75) is 46.0 Å². The Balaban J connectivity index is 3.50. The summed E-state index contributed by atoms with van der Waals surface area (Å²) < 4.78 is 0. The lowest BCUT2D eigenvalue weighted by Gasteiger charge is -1.99. The van der Waals surface area contributed by atoms with E-state index in [1.54, 1.807) is 0 Å². The molecule has 0 saturated heterocycles. The number of unbranched alkanes of at least 4 members (excludes halogenated alkanes) is 2. The highest BCUT2D eigenvalue weighted by Gasteiger charge is 1.93. The summed E-state index contributed by atoms with van der Waals surface area (Å²) in [5, 5.41) is 12.6. The highest BCUT2D eigenvalue weighted by atomic mass is 15.3. The molecule has 0 aliphatic carbocycles. The zero-order chi connectivity index (χ0) is 9.94. The number of nitrogens with zero attached hydrogens (tertiary/aromatic N) is 2. The van der Waals surface area contributed by atoms with Crippen molar-refractivity contribution in [3.8, 4) is 6.07 Å². The zero-order valence-electron chi connectivity index (χ0n) is 8.64. The van der Waals surface area contributed by atoms with E-state index >= 15 is 0 Å². The molecule has 0 aromatic heterocycles. The van der Waals surface area contributed by atoms with Gasteiger partial charge in [0.15, 0.2) is 0 Å². The minimum absolute atomic E-state index is 0.610. The van der Waals surface area contributed by atoms with Gasteiger partial charge in [0.05, 0.1) is 0 Å². The SMILES string of the molecule is CCCCCNN=C(C#N)CCC. The van der Waals surface area contributed by atoms with Crippen LogP contribution in [-0.2, 0) is 0 Å². The number of hydrogen-bond acceptors (Lipinski definition) is 3. The summed E-state index contributed by atoms with van der Waals surface area (Å²) in [6.07, 6.45) is 5.31. The van der Waals surface area contributed by atoms with Crippen LogP contribution in [0.15, 0.2) is 5.10 Å². The Morgan fingerprint density at radius 1 is 1.31 bits per heavy atom. The Morgan fingerprint density at radius 3 is 2.62 bits per heavy atom. The molecule has 0 bridgehead atoms. The predicted molar refractivity (Wildman–Crippen MR) is 55.5 cm³/mol. The molecule has 0 saturated carbocycles. The van der Waals surface area contributed by atoms with E-state index in [0.29, 0.717) is 5.71 Å². The first-order valence-corrected chi connectivity index (χ1v) is 5.04. The van der Waals surface area contributed by atoms with E-state index in [-0.39, 0.29) is 0 Å². The molecule has 0 aliphatic heterocycles. The lowest BCUT2D eigenvalue weighted by atomic mass is 10.2. The molecule has 0 heterocycles. The molecule has 3 nitrogen and oxygen atoms in total. The molecule has 0 aromatic carbocycles. The summed E-state index contributed by atoms with van der Waals surface area (Å²) in [5.74, 6) is 0. The van der Waals surface area contributed by atoms with Crippen LogP contribution >= 0.6 is 0 Å². The molecule has 0 aliphatic rings. The monoisotopic (exact) mass is 181 g/mol. The molecule has 0 unspecified atom stereocenters. The van der Waals surface area contributed by atoms with Crippen LogP contribution in [0.2, 0.25) is 0 Å². The van der Waals surface area contributed by atoms with E-state index in [9.17, 15) is 0 Å². The van der Waals surface area contributed by atoms with Crippen LogP contribution in [0.1, 0.15) is 46.0 Å². The molecule has 0 radical (unpaired) electrons. The fourth-order valence-corrected chi connectivity index (χ4v) is 0.979. The van der Waals surface area contributed by atoms with Gasteiger partial charge in [0.1, 0.15) is 11.8 Å². The molecule has 74 valence electrons. The first-order chi connectivity index (χ1) is 6.35. The molecule has 1 N–H and O–H groups in total. The second kappa shape index (κ2) is 9.05. The summed E-state index contributed by atoms with van der Waals surface area (Å²) in [6.45, 7) is 5.09. The maximum Gasteiger partial charge on any atom is 0.137 e. The summed E-state index contributed by atoms with van der Waals surface area (Å²) >= 11 is 0. The lowest BCUT2D eigenvalue weighted by Crippen LogP contribution is -2.10. The number of hydrogen-bond donors (Lipinski definition) is 1. The maximum absolute atomic E-state index is 8.64. The van der Waals surface area contributed by atoms with Crippen molar-refractivity contribution in [3.63, 3.8) is 0 Å². The van der Waals surface area contributed by atoms with E-state index in [2.05, 4.69) is 23.5 Å². The third kappa shape index (κ3) is 7.32. The molecular weight excluding hydrogens is 162 g/mol. The van der Waals surface area contributed by atoms with Crippen molar-refractivity contribution in [1.29, 1.82) is 5.26 Å². The highest BCUT2D eigenvalue weighted by molar-refractivity contribution is 5.98. The molecule has 3 heteroatoms. The molecule has 0 atom stereocenters. The van der Waals surface area contributed by atoms with Crippen LogP contribution < -0.4 is 5.43 Å². The third-order valence-corrected chi connectivity index (χ3v) is 1.72. The molecule has 0 spiro atoms. The van der Waals surface area contributed by atoms with Gasteiger partial charge >= 0.3 is 0 Å². The van der Waals surface area contributed by atoms with Gasteiger partial charge in [-0.3, -0.25) is 0 Å². The Labute approximate surface area is 80.8 Å². The van der Waals surface area contributed by atoms with Crippen LogP contribution in [0.3, 0.4) is 0 Å². The molecular formula is C10H19N3. The van der Waals surface area contributed by atoms with Crippen molar-refractivity contribution in [1.82, 2.24) is 5.43 Å². The smallest absolute Gasteiger partial charge is 0.137 e. The minimum Gasteiger partial charge on any atom is -0.309 e. The van der Waals surface area contributed by atoms with Crippen molar-refractivity contribution >= 4 is 5.71 Å². The normalized spacial score (nSPS) is 11.0. The average Bonchev–Trinajstić information content (AvgIpc) is 2.16. The van der Waals surface area contributed by atoms with E-state index in [0.717, 1.165) is 25.8 Å². The molecule has 13 heavy (non-hydrogen) atoms. The van der Waals surface area contributed by atoms with Crippen molar-refractivity contribution in [2.75, 3.05) is 6.54 Å². The van der Waals surface area contributed by atoms with Gasteiger partial charge in [-0.15, -0.1) is 0 Å². The standard InChI is InChI=1S/C10H19N3/c1-3-5-6-8-12-13-10(9-11)7-4-2/h12H,3-8H2,1-2H3. The van der Waals surface area contributed by atoms with Gasteiger partial charge in [0, 0.05) is 13.0 Å². The minimum atomic E-state index is 0.610. The van der Waals surface area contributed by atoms with Gasteiger partial charge in [0.2, 0.25) is 0 Å². The number of nitrogens with one attached hydrogen (secondary N) is 1. The van der Waals surface area contributed by atoms with E-state index in [1.165, 1.54) is 12.8 Å². The number of hydrazone groups is 1. The molecule has 0 aromatic rings. The Hall–Kier alpha value is -1.04. The van der Waals surface area contributed by atoms with Gasteiger partial charge in [-0.1, -0.05) is 26.7 Å². The third-order valence-electron chi connectivity index (χ3n) is 1.72. The predicted octanol–water partition coefficient (Wildman–Crippen LogP) is 2.45. The first kappa shape index (κ1) is 12.0. The van der Waals surface area contributed by atoms with Crippen molar-refractivity contribution in [3.05, 3.63) is 0 Å². The van der Waals surface area contributed by atoms with Crippen LogP contribution in [0.25, 0.3) is 0 Å². The largest absolute Gasteiger partial charge is 0.309 e. The number of rotatable bonds is 7. The van der Waals surface area contributed by atoms with Crippen LogP contribution in [0.4, 0.5) is 0 Å². The van der Waals surface area contributed by atoms with Crippen molar-refractivity contribution in [2.24, 2.45) is 5.10 Å². The van der Waals surface area contributed by atoms with Crippen molar-refractivity contribution < 1.29 is 0 Å². The van der Waals surface area contributed by atoms with Crippen LogP contribution in [0.5, 0.6) is 0 Å². The lowest BCUT2D eigenvalue weighted by molar-refractivity contribution is 0.638. The van der Waals surface area contributed by atoms with E-state index < -0.39 is 0 Å². The molecule has 0 rings (SSSR count). The van der Waals surface area contributed by atoms with Gasteiger partial charge in [-0.25, -0.2) is 0 Å². The molecule has 0 fully saturated rings. The molecule has 0 amide bonds. The number of nitriles is 1. The summed E-state index contributed by atoms with van der Waals surface area (Å²) in [6, 6.07) is 2.08. The summed E-state index contributed by atoms with van der Waals surface area (Å²) in [5.41, 5.74) is 3.53. The fraction of sp³-hybridized carbons (Fsp3) is 0.800. The zero-order valence-corrected chi connectivity index (χ0v) is 8.64. The summed E-state index contributed by atoms with van der Waals surface area (Å²) in [4.78, 5) is 0. The van der Waals surface area contributed by atoms with Crippen LogP contribution in [-0.4, -0.2) is 12.3 Å². The quantitative estimate of drug-likeness (QED) is 0.372. The van der Waals surface area contributed by atoms with Gasteiger partial charge in [-0.2, -0.15) is 10.4 Å². The average molecular weight is 181 g/mol. The Bertz CT molecular complexity index is 179. The maximum atomic E-state index is 8.64. The van der Waals surface area contributed by atoms with Gasteiger partial charge in [-0.05, 0) is 12.8 Å².